The van der Waals surface area contributed by atoms with E-state index in [1.54, 1.807) is 24.3 Å². The third-order valence-electron chi connectivity index (χ3n) is 4.50. The van der Waals surface area contributed by atoms with Crippen LogP contribution in [-0.2, 0) is 16.1 Å². The maximum absolute atomic E-state index is 13.0. The molecule has 0 fully saturated rings. The number of ketones is 1. The highest BCUT2D eigenvalue weighted by Gasteiger charge is 2.41. The van der Waals surface area contributed by atoms with Crippen LogP contribution in [0.3, 0.4) is 0 Å². The van der Waals surface area contributed by atoms with Crippen molar-refractivity contribution in [2.45, 2.75) is 12.7 Å². The van der Waals surface area contributed by atoms with E-state index in [2.05, 4.69) is 10.1 Å². The standard InChI is InChI=1S/C21H17F3N2O5/c1-30-17-6-4-3-5-15(17)25-18(27)11-26-10-14(19(28)21(22,23)24)13-8-7-12(9-16(13)26)20(29)31-2/h3-10H,11H2,1-2H3,(H,25,27). The first-order valence-corrected chi connectivity index (χ1v) is 8.91. The number of para-hydroxylation sites is 2. The number of aromatic nitrogens is 1. The van der Waals surface area contributed by atoms with E-state index in [0.717, 1.165) is 13.3 Å². The zero-order valence-corrected chi connectivity index (χ0v) is 16.4. The van der Waals surface area contributed by atoms with Crippen molar-refractivity contribution in [1.82, 2.24) is 4.57 Å². The van der Waals surface area contributed by atoms with Gasteiger partial charge in [0.05, 0.1) is 36.6 Å². The van der Waals surface area contributed by atoms with Crippen LogP contribution in [0.2, 0.25) is 0 Å². The van der Waals surface area contributed by atoms with Gasteiger partial charge in [-0.05, 0) is 24.3 Å². The van der Waals surface area contributed by atoms with E-state index in [-0.39, 0.29) is 16.5 Å². The van der Waals surface area contributed by atoms with Crippen LogP contribution < -0.4 is 10.1 Å². The Bertz CT molecular complexity index is 1170. The topological polar surface area (TPSA) is 86.6 Å². The highest BCUT2D eigenvalue weighted by Crippen LogP contribution is 2.30. The molecule has 0 bridgehead atoms. The van der Waals surface area contributed by atoms with Crippen LogP contribution in [0.1, 0.15) is 20.7 Å². The quantitative estimate of drug-likeness (QED) is 0.471. The van der Waals surface area contributed by atoms with Gasteiger partial charge in [-0.3, -0.25) is 9.59 Å². The number of esters is 1. The summed E-state index contributed by atoms with van der Waals surface area (Å²) in [5, 5.41) is 2.57. The van der Waals surface area contributed by atoms with E-state index in [1.165, 1.54) is 29.9 Å². The summed E-state index contributed by atoms with van der Waals surface area (Å²) < 4.78 is 50.1. The molecule has 7 nitrogen and oxygen atoms in total. The fourth-order valence-corrected chi connectivity index (χ4v) is 3.09. The maximum atomic E-state index is 13.0. The molecular formula is C21H17F3N2O5. The molecule has 10 heteroatoms. The number of benzene rings is 2. The van der Waals surface area contributed by atoms with Gasteiger partial charge in [0.1, 0.15) is 12.3 Å². The monoisotopic (exact) mass is 434 g/mol. The zero-order valence-electron chi connectivity index (χ0n) is 16.4. The van der Waals surface area contributed by atoms with Crippen LogP contribution in [0.25, 0.3) is 10.9 Å². The van der Waals surface area contributed by atoms with Gasteiger partial charge in [-0.15, -0.1) is 0 Å². The molecule has 1 aromatic heterocycles. The lowest BCUT2D eigenvalue weighted by atomic mass is 10.1. The normalized spacial score (nSPS) is 11.3. The van der Waals surface area contributed by atoms with Gasteiger partial charge in [-0.25, -0.2) is 4.79 Å². The Kier molecular flexibility index (Phi) is 6.00. The fourth-order valence-electron chi connectivity index (χ4n) is 3.09. The van der Waals surface area contributed by atoms with Crippen molar-refractivity contribution >= 4 is 34.3 Å². The minimum atomic E-state index is -5.10. The van der Waals surface area contributed by atoms with Crippen molar-refractivity contribution in [3.05, 3.63) is 59.8 Å². The molecule has 3 aromatic rings. The minimum Gasteiger partial charge on any atom is -0.495 e. The summed E-state index contributed by atoms with van der Waals surface area (Å²) in [6.07, 6.45) is -4.15. The molecule has 0 aliphatic carbocycles. The van der Waals surface area contributed by atoms with Crippen LogP contribution >= 0.6 is 0 Å². The van der Waals surface area contributed by atoms with E-state index in [4.69, 9.17) is 4.74 Å². The van der Waals surface area contributed by atoms with Crippen LogP contribution in [-0.4, -0.2) is 42.6 Å². The molecular weight excluding hydrogens is 417 g/mol. The van der Waals surface area contributed by atoms with Crippen molar-refractivity contribution < 1.29 is 37.0 Å². The summed E-state index contributed by atoms with van der Waals surface area (Å²) in [5.74, 6) is -2.94. The number of Topliss-reactive ketones (excluding diaryl/α,β-unsaturated/α-hetero) is 1. The molecule has 1 N–H and O–H groups in total. The first-order valence-electron chi connectivity index (χ1n) is 8.91. The molecule has 3 rings (SSSR count). The van der Waals surface area contributed by atoms with Crippen molar-refractivity contribution in [3.8, 4) is 5.75 Å². The lowest BCUT2D eigenvalue weighted by Crippen LogP contribution is -2.22. The number of anilines is 1. The molecule has 2 aromatic carbocycles. The van der Waals surface area contributed by atoms with E-state index in [1.807, 2.05) is 0 Å². The van der Waals surface area contributed by atoms with Gasteiger partial charge in [0.15, 0.2) is 0 Å². The molecule has 0 saturated carbocycles. The van der Waals surface area contributed by atoms with Crippen LogP contribution in [0.15, 0.2) is 48.7 Å². The molecule has 0 aliphatic heterocycles. The first-order chi connectivity index (χ1) is 14.7. The van der Waals surface area contributed by atoms with E-state index in [0.29, 0.717) is 11.4 Å². The number of halogens is 3. The molecule has 0 atom stereocenters. The molecule has 0 unspecified atom stereocenters. The van der Waals surface area contributed by atoms with Crippen molar-refractivity contribution in [2.24, 2.45) is 0 Å². The second kappa shape index (κ2) is 8.50. The second-order valence-electron chi connectivity index (χ2n) is 6.47. The van der Waals surface area contributed by atoms with Gasteiger partial charge in [0.2, 0.25) is 5.91 Å². The summed E-state index contributed by atoms with van der Waals surface area (Å²) in [6.45, 7) is -0.412. The Morgan fingerprint density at radius 1 is 1.06 bits per heavy atom. The molecule has 1 heterocycles. The minimum absolute atomic E-state index is 0.0416. The summed E-state index contributed by atoms with van der Waals surface area (Å²) in [6, 6.07) is 10.3. The number of carbonyl (C=O) groups is 3. The Morgan fingerprint density at radius 2 is 1.77 bits per heavy atom. The van der Waals surface area contributed by atoms with E-state index in [9.17, 15) is 27.6 Å². The number of nitrogens with one attached hydrogen (secondary N) is 1. The first kappa shape index (κ1) is 21.9. The van der Waals surface area contributed by atoms with Gasteiger partial charge < -0.3 is 19.4 Å². The Hall–Kier alpha value is -3.82. The van der Waals surface area contributed by atoms with Crippen LogP contribution in [0, 0.1) is 0 Å². The molecule has 162 valence electrons. The number of hydrogen-bond acceptors (Lipinski definition) is 5. The lowest BCUT2D eigenvalue weighted by Gasteiger charge is -2.11. The maximum Gasteiger partial charge on any atom is 0.454 e. The number of ether oxygens (including phenoxy) is 2. The summed E-state index contributed by atoms with van der Waals surface area (Å²) in [5.41, 5.74) is -0.0894. The smallest absolute Gasteiger partial charge is 0.454 e. The van der Waals surface area contributed by atoms with Crippen LogP contribution in [0.5, 0.6) is 5.75 Å². The molecule has 0 radical (unpaired) electrons. The molecule has 0 spiro atoms. The highest BCUT2D eigenvalue weighted by molar-refractivity contribution is 6.11. The lowest BCUT2D eigenvalue weighted by molar-refractivity contribution is -0.116. The highest BCUT2D eigenvalue weighted by atomic mass is 19.4. The average Bonchev–Trinajstić information content (AvgIpc) is 3.09. The summed E-state index contributed by atoms with van der Waals surface area (Å²) in [7, 11) is 2.58. The Labute approximate surface area is 174 Å². The van der Waals surface area contributed by atoms with E-state index >= 15 is 0 Å². The van der Waals surface area contributed by atoms with Gasteiger partial charge in [-0.2, -0.15) is 13.2 Å². The summed E-state index contributed by atoms with van der Waals surface area (Å²) >= 11 is 0. The number of fused-ring (bicyclic) bond motifs is 1. The number of alkyl halides is 3. The molecule has 31 heavy (non-hydrogen) atoms. The third kappa shape index (κ3) is 4.52. The van der Waals surface area contributed by atoms with Crippen molar-refractivity contribution in [3.63, 3.8) is 0 Å². The van der Waals surface area contributed by atoms with Crippen molar-refractivity contribution in [2.75, 3.05) is 19.5 Å². The Balaban J connectivity index is 2.02. The number of hydrogen-bond donors (Lipinski definition) is 1. The Morgan fingerprint density at radius 3 is 2.42 bits per heavy atom. The van der Waals surface area contributed by atoms with E-state index < -0.39 is 35.9 Å². The average molecular weight is 434 g/mol. The third-order valence-corrected chi connectivity index (χ3v) is 4.50. The number of rotatable bonds is 6. The van der Waals surface area contributed by atoms with Gasteiger partial charge >= 0.3 is 12.1 Å². The van der Waals surface area contributed by atoms with Gasteiger partial charge in [0, 0.05) is 11.6 Å². The number of nitrogens with zero attached hydrogens (tertiary/aromatic N) is 1. The number of carbonyl (C=O) groups excluding carboxylic acids is 3. The predicted octanol–water partition coefficient (Wildman–Crippen LogP) is 3.82. The molecule has 0 aliphatic rings. The largest absolute Gasteiger partial charge is 0.495 e. The number of methoxy groups -OCH3 is 2. The molecule has 0 saturated heterocycles. The summed E-state index contributed by atoms with van der Waals surface area (Å²) in [4.78, 5) is 36.3. The fraction of sp³-hybridized carbons (Fsp3) is 0.190. The second-order valence-corrected chi connectivity index (χ2v) is 6.47. The van der Waals surface area contributed by atoms with Crippen LogP contribution in [0.4, 0.5) is 18.9 Å². The van der Waals surface area contributed by atoms with Crippen molar-refractivity contribution in [1.29, 1.82) is 0 Å². The molecule has 1 amide bonds. The van der Waals surface area contributed by atoms with Gasteiger partial charge in [0.25, 0.3) is 5.78 Å². The zero-order chi connectivity index (χ0) is 22.8. The number of amides is 1. The predicted molar refractivity (Wildman–Crippen MR) is 105 cm³/mol. The van der Waals surface area contributed by atoms with Gasteiger partial charge in [-0.1, -0.05) is 18.2 Å². The SMILES string of the molecule is COC(=O)c1ccc2c(C(=O)C(F)(F)F)cn(CC(=O)Nc3ccccc3OC)c2c1.